The fraction of sp³-hybridized carbons (Fsp3) is 0.636. The molecule has 0 spiro atoms. The van der Waals surface area contributed by atoms with Gasteiger partial charge in [0.2, 0.25) is 0 Å². The van der Waals surface area contributed by atoms with E-state index in [0.29, 0.717) is 0 Å². The summed E-state index contributed by atoms with van der Waals surface area (Å²) in [5.41, 5.74) is 3.05. The van der Waals surface area contributed by atoms with Crippen LogP contribution in [0, 0.1) is 6.92 Å². The van der Waals surface area contributed by atoms with E-state index in [1.807, 2.05) is 11.3 Å². The first-order valence-corrected chi connectivity index (χ1v) is 6.07. The zero-order valence-corrected chi connectivity index (χ0v) is 9.12. The maximum Gasteiger partial charge on any atom is 0.144 e. The Morgan fingerprint density at radius 1 is 1.31 bits per heavy atom. The molecule has 0 bridgehead atoms. The average Bonchev–Trinajstić information content (AvgIpc) is 2.49. The van der Waals surface area contributed by atoms with Crippen molar-refractivity contribution in [1.29, 1.82) is 0 Å². The van der Waals surface area contributed by atoms with Gasteiger partial charge in [-0.15, -0.1) is 0 Å². The van der Waals surface area contributed by atoms with Crippen molar-refractivity contribution < 1.29 is 0 Å². The normalized spacial score (nSPS) is 19.2. The Morgan fingerprint density at radius 2 is 2.00 bits per heavy atom. The van der Waals surface area contributed by atoms with Crippen molar-refractivity contribution >= 4 is 24.0 Å². The summed E-state index contributed by atoms with van der Waals surface area (Å²) in [6, 6.07) is 0. The van der Waals surface area contributed by atoms with E-state index in [2.05, 4.69) is 20.2 Å². The first-order chi connectivity index (χ1) is 6.29. The monoisotopic (exact) mass is 191 g/mol. The molecule has 0 amide bonds. The van der Waals surface area contributed by atoms with Crippen molar-refractivity contribution in [3.63, 3.8) is 0 Å². The van der Waals surface area contributed by atoms with Crippen LogP contribution in [-0.2, 0) is 0 Å². The quantitative estimate of drug-likeness (QED) is 0.598. The van der Waals surface area contributed by atoms with E-state index in [4.69, 9.17) is 0 Å². The third-order valence-electron chi connectivity index (χ3n) is 3.22. The lowest BCUT2D eigenvalue weighted by atomic mass is 9.82. The highest BCUT2D eigenvalue weighted by Gasteiger charge is 2.18. The zero-order valence-electron chi connectivity index (χ0n) is 8.31. The number of hydrogen-bond acceptors (Lipinski definition) is 1. The van der Waals surface area contributed by atoms with E-state index in [1.165, 1.54) is 42.4 Å². The van der Waals surface area contributed by atoms with Crippen LogP contribution in [-0.4, -0.2) is 7.85 Å². The van der Waals surface area contributed by atoms with Crippen LogP contribution in [0.3, 0.4) is 0 Å². The van der Waals surface area contributed by atoms with Crippen molar-refractivity contribution in [3.05, 3.63) is 16.5 Å². The Labute approximate surface area is 85.8 Å². The maximum absolute atomic E-state index is 4.05. The molecule has 1 aromatic rings. The smallest absolute Gasteiger partial charge is 0.144 e. The van der Waals surface area contributed by atoms with Crippen molar-refractivity contribution in [3.8, 4) is 0 Å². The summed E-state index contributed by atoms with van der Waals surface area (Å²) in [5, 5.41) is 2.33. The summed E-state index contributed by atoms with van der Waals surface area (Å²) >= 11 is 1.81. The van der Waals surface area contributed by atoms with Gasteiger partial charge >= 0.3 is 0 Å². The van der Waals surface area contributed by atoms with Gasteiger partial charge in [0.15, 0.2) is 0 Å². The van der Waals surface area contributed by atoms with Gasteiger partial charge in [0.25, 0.3) is 0 Å². The molecule has 69 valence electrons. The van der Waals surface area contributed by atoms with Gasteiger partial charge in [0.1, 0.15) is 7.85 Å². The van der Waals surface area contributed by atoms with Crippen molar-refractivity contribution in [2.45, 2.75) is 44.9 Å². The summed E-state index contributed by atoms with van der Waals surface area (Å²) in [6.07, 6.45) is 7.09. The number of rotatable bonds is 1. The van der Waals surface area contributed by atoms with E-state index in [0.717, 1.165) is 5.92 Å². The van der Waals surface area contributed by atoms with E-state index < -0.39 is 0 Å². The highest BCUT2D eigenvalue weighted by atomic mass is 32.1. The molecule has 1 aliphatic carbocycles. The second-order valence-corrected chi connectivity index (χ2v) is 5.04. The third-order valence-corrected chi connectivity index (χ3v) is 4.19. The molecule has 13 heavy (non-hydrogen) atoms. The Hall–Kier alpha value is -0.235. The molecule has 0 saturated heterocycles. The van der Waals surface area contributed by atoms with Gasteiger partial charge in [0.05, 0.1) is 0 Å². The Morgan fingerprint density at radius 3 is 2.54 bits per heavy atom. The molecule has 2 rings (SSSR count). The molecule has 0 N–H and O–H groups in total. The Balaban J connectivity index is 2.18. The summed E-state index contributed by atoms with van der Waals surface area (Å²) < 4.78 is 1.26. The highest BCUT2D eigenvalue weighted by molar-refractivity contribution is 7.18. The molecule has 1 heterocycles. The molecule has 0 atom stereocenters. The molecule has 0 aliphatic heterocycles. The fourth-order valence-electron chi connectivity index (χ4n) is 2.29. The summed E-state index contributed by atoms with van der Waals surface area (Å²) in [4.78, 5) is 0. The fourth-order valence-corrected chi connectivity index (χ4v) is 3.22. The standard InChI is InChI=1S/C11H16BS/c1-8-10(7-13-11(8)12)9-5-3-2-4-6-9/h7,9,12H,2-6H2,1H3. The van der Waals surface area contributed by atoms with Gasteiger partial charge in [0, 0.05) is 0 Å². The molecule has 1 aliphatic rings. The summed E-state index contributed by atoms with van der Waals surface area (Å²) in [7, 11) is 4.05. The molecule has 1 aromatic heterocycles. The van der Waals surface area contributed by atoms with Crippen LogP contribution in [0.5, 0.6) is 0 Å². The largest absolute Gasteiger partial charge is 0.160 e. The average molecular weight is 191 g/mol. The summed E-state index contributed by atoms with van der Waals surface area (Å²) in [5.74, 6) is 0.848. The van der Waals surface area contributed by atoms with E-state index >= 15 is 0 Å². The predicted octanol–water partition coefficient (Wildman–Crippen LogP) is 2.63. The first-order valence-electron chi connectivity index (χ1n) is 5.19. The van der Waals surface area contributed by atoms with Crippen LogP contribution < -0.4 is 4.78 Å². The molecular weight excluding hydrogens is 175 g/mol. The second kappa shape index (κ2) is 3.87. The van der Waals surface area contributed by atoms with Gasteiger partial charge in [-0.25, -0.2) is 0 Å². The lowest BCUT2D eigenvalue weighted by Gasteiger charge is -2.21. The Kier molecular flexibility index (Phi) is 2.78. The highest BCUT2D eigenvalue weighted by Crippen LogP contribution is 2.34. The van der Waals surface area contributed by atoms with E-state index in [-0.39, 0.29) is 0 Å². The molecule has 0 aromatic carbocycles. The lowest BCUT2D eigenvalue weighted by Crippen LogP contribution is -2.07. The topological polar surface area (TPSA) is 0 Å². The van der Waals surface area contributed by atoms with E-state index in [1.54, 1.807) is 5.56 Å². The predicted molar refractivity (Wildman–Crippen MR) is 61.7 cm³/mol. The minimum absolute atomic E-state index is 0.848. The molecule has 1 saturated carbocycles. The van der Waals surface area contributed by atoms with Crippen LogP contribution in [0.15, 0.2) is 5.38 Å². The maximum atomic E-state index is 4.05. The molecule has 1 fully saturated rings. The van der Waals surface area contributed by atoms with Crippen molar-refractivity contribution in [2.24, 2.45) is 0 Å². The van der Waals surface area contributed by atoms with Gasteiger partial charge in [-0.2, -0.15) is 11.3 Å². The third kappa shape index (κ3) is 1.83. The summed E-state index contributed by atoms with van der Waals surface area (Å²) in [6.45, 7) is 2.22. The zero-order chi connectivity index (χ0) is 9.26. The van der Waals surface area contributed by atoms with E-state index in [9.17, 15) is 0 Å². The van der Waals surface area contributed by atoms with Crippen LogP contribution in [0.25, 0.3) is 0 Å². The number of thiophene rings is 1. The van der Waals surface area contributed by atoms with Crippen molar-refractivity contribution in [2.75, 3.05) is 0 Å². The van der Waals surface area contributed by atoms with Crippen LogP contribution >= 0.6 is 11.3 Å². The van der Waals surface area contributed by atoms with Gasteiger partial charge in [-0.3, -0.25) is 0 Å². The number of hydrogen-bond donors (Lipinski definition) is 0. The Bertz CT molecular complexity index is 284. The second-order valence-electron chi connectivity index (χ2n) is 4.07. The lowest BCUT2D eigenvalue weighted by molar-refractivity contribution is 0.443. The van der Waals surface area contributed by atoms with Gasteiger partial charge in [-0.05, 0) is 47.0 Å². The first kappa shape index (κ1) is 9.33. The molecule has 0 nitrogen and oxygen atoms in total. The van der Waals surface area contributed by atoms with Gasteiger partial charge in [-0.1, -0.05) is 19.3 Å². The molecule has 0 unspecified atom stereocenters. The minimum atomic E-state index is 0.848. The molecule has 2 heteroatoms. The SMILES string of the molecule is [BH]c1scc(C2CCCCC2)c1C. The van der Waals surface area contributed by atoms with Crippen molar-refractivity contribution in [1.82, 2.24) is 0 Å². The minimum Gasteiger partial charge on any atom is -0.160 e. The van der Waals surface area contributed by atoms with Crippen LogP contribution in [0.2, 0.25) is 0 Å². The van der Waals surface area contributed by atoms with Crippen LogP contribution in [0.1, 0.15) is 49.1 Å². The van der Waals surface area contributed by atoms with Crippen LogP contribution in [0.4, 0.5) is 0 Å². The molecule has 1 radical (unpaired) electrons. The van der Waals surface area contributed by atoms with Gasteiger partial charge < -0.3 is 0 Å². The molecular formula is C11H16BS.